The van der Waals surface area contributed by atoms with E-state index in [1.807, 2.05) is 0 Å². The maximum atomic E-state index is 13.3. The lowest BCUT2D eigenvalue weighted by atomic mass is 9.63. The van der Waals surface area contributed by atoms with Crippen molar-refractivity contribution in [2.45, 2.75) is 108 Å². The second-order valence-corrected chi connectivity index (χ2v) is 19.3. The summed E-state index contributed by atoms with van der Waals surface area (Å²) >= 11 is 0. The van der Waals surface area contributed by atoms with Crippen molar-refractivity contribution < 1.29 is 27.8 Å². The van der Waals surface area contributed by atoms with Crippen molar-refractivity contribution >= 4 is 28.8 Å². The lowest BCUT2D eigenvalue weighted by molar-refractivity contribution is -0.270. The van der Waals surface area contributed by atoms with Gasteiger partial charge in [-0.25, -0.2) is 5.06 Å². The molecule has 1 saturated carbocycles. The van der Waals surface area contributed by atoms with E-state index in [2.05, 4.69) is 61.5 Å². The average Bonchev–Trinajstić information content (AvgIpc) is 2.87. The molecule has 4 atom stereocenters. The van der Waals surface area contributed by atoms with Crippen LogP contribution in [0.5, 0.6) is 0 Å². The van der Waals surface area contributed by atoms with Crippen LogP contribution in [0.3, 0.4) is 0 Å². The molecule has 3 fully saturated rings. The van der Waals surface area contributed by atoms with Gasteiger partial charge in [0.25, 0.3) is 0 Å². The highest BCUT2D eigenvalue weighted by Gasteiger charge is 2.72. The van der Waals surface area contributed by atoms with Crippen molar-refractivity contribution in [1.82, 2.24) is 5.06 Å². The Hall–Kier alpha value is -1.10. The fourth-order valence-electron chi connectivity index (χ4n) is 5.64. The van der Waals surface area contributed by atoms with Gasteiger partial charge in [0.2, 0.25) is 5.91 Å². The Morgan fingerprint density at radius 1 is 1.00 bits per heavy atom. The van der Waals surface area contributed by atoms with Gasteiger partial charge in [-0.15, -0.1) is 0 Å². The quantitative estimate of drug-likeness (QED) is 0.380. The maximum Gasteiger partial charge on any atom is 0.335 e. The Labute approximate surface area is 187 Å². The molecular formula is C21H36N2O6Si2. The molecule has 1 spiro atoms. The van der Waals surface area contributed by atoms with Crippen LogP contribution in [0.1, 0.15) is 68.2 Å². The number of rotatable bonds is 4. The second kappa shape index (κ2) is 8.04. The van der Waals surface area contributed by atoms with Crippen molar-refractivity contribution in [3.05, 3.63) is 0 Å². The van der Waals surface area contributed by atoms with E-state index in [1.54, 1.807) is 0 Å². The number of carbonyl (C=O) groups excluding carboxylic acids is 2. The largest absolute Gasteiger partial charge is 0.414 e. The minimum absolute atomic E-state index is 0.0387. The zero-order chi connectivity index (χ0) is 23.5. The number of Topliss-reactive ketones (excluding diaryl/α,β-unsaturated/α-hetero) is 1. The third-order valence-electron chi connectivity index (χ3n) is 7.47. The van der Waals surface area contributed by atoms with E-state index in [0.29, 0.717) is 5.06 Å². The molecule has 2 heterocycles. The van der Waals surface area contributed by atoms with Crippen LogP contribution in [0.2, 0.25) is 22.2 Å². The number of amides is 1. The van der Waals surface area contributed by atoms with Crippen LogP contribution in [0.4, 0.5) is 0 Å². The molecule has 0 aromatic rings. The van der Waals surface area contributed by atoms with Crippen LogP contribution >= 0.6 is 0 Å². The van der Waals surface area contributed by atoms with Gasteiger partial charge >= 0.3 is 17.1 Å². The first-order valence-corrected chi connectivity index (χ1v) is 15.2. The summed E-state index contributed by atoms with van der Waals surface area (Å²) in [7, 11) is -6.00. The van der Waals surface area contributed by atoms with Crippen molar-refractivity contribution in [2.75, 3.05) is 0 Å². The minimum atomic E-state index is -3.03. The Morgan fingerprint density at radius 2 is 1.48 bits per heavy atom. The third kappa shape index (κ3) is 3.28. The molecule has 0 radical (unpaired) electrons. The lowest BCUT2D eigenvalue weighted by Gasteiger charge is -2.58. The molecule has 31 heavy (non-hydrogen) atoms. The van der Waals surface area contributed by atoms with Gasteiger partial charge in [0, 0.05) is 6.42 Å². The van der Waals surface area contributed by atoms with E-state index in [1.165, 1.54) is 0 Å². The van der Waals surface area contributed by atoms with E-state index in [4.69, 9.17) is 13.0 Å². The zero-order valence-corrected chi connectivity index (χ0v) is 21.8. The summed E-state index contributed by atoms with van der Waals surface area (Å²) in [4.78, 5) is 25.4. The Morgan fingerprint density at radius 3 is 1.87 bits per heavy atom. The highest BCUT2D eigenvalue weighted by atomic mass is 28.5. The number of carbonyl (C=O) groups is 2. The summed E-state index contributed by atoms with van der Waals surface area (Å²) in [5.74, 6) is -1.54. The fraction of sp³-hybridized carbons (Fsp3) is 0.857. The predicted octanol–water partition coefficient (Wildman–Crippen LogP) is 3.78. The standard InChI is InChI=1S/C21H36N2O6Si2/c1-12(2)30(13(3)4)27-19-17(24)9-16(11-22)21(10-18(25)23(21)26)20(19)28-31(29-30,14(5)6)15(7)8/h12-16,19-20,26H,9-10H2,1-8H3/t16-,19+,20+,21+/m0/s1. The van der Waals surface area contributed by atoms with E-state index >= 15 is 0 Å². The molecule has 0 aromatic carbocycles. The highest BCUT2D eigenvalue weighted by Crippen LogP contribution is 2.55. The predicted molar refractivity (Wildman–Crippen MR) is 117 cm³/mol. The van der Waals surface area contributed by atoms with Gasteiger partial charge in [-0.05, 0) is 22.2 Å². The topological polar surface area (TPSA) is 109 Å². The van der Waals surface area contributed by atoms with Crippen LogP contribution in [0.15, 0.2) is 0 Å². The smallest absolute Gasteiger partial charge is 0.335 e. The van der Waals surface area contributed by atoms with Crippen LogP contribution < -0.4 is 0 Å². The normalized spacial score (nSPS) is 34.8. The van der Waals surface area contributed by atoms with Gasteiger partial charge in [-0.2, -0.15) is 5.26 Å². The summed E-state index contributed by atoms with van der Waals surface area (Å²) in [5, 5.41) is 21.2. The molecule has 2 saturated heterocycles. The van der Waals surface area contributed by atoms with Crippen molar-refractivity contribution in [1.29, 1.82) is 5.26 Å². The number of hydrogen-bond acceptors (Lipinski definition) is 7. The zero-order valence-electron chi connectivity index (χ0n) is 19.8. The van der Waals surface area contributed by atoms with Gasteiger partial charge in [-0.1, -0.05) is 55.4 Å². The molecular weight excluding hydrogens is 432 g/mol. The van der Waals surface area contributed by atoms with Crippen molar-refractivity contribution in [3.63, 3.8) is 0 Å². The fourth-order valence-corrected chi connectivity index (χ4v) is 16.9. The first-order valence-electron chi connectivity index (χ1n) is 11.3. The molecule has 174 valence electrons. The van der Waals surface area contributed by atoms with E-state index in [-0.39, 0.29) is 40.8 Å². The molecule has 1 aliphatic carbocycles. The summed E-state index contributed by atoms with van der Waals surface area (Å²) < 4.78 is 20.7. The molecule has 3 rings (SSSR count). The second-order valence-electron chi connectivity index (χ2n) is 10.5. The monoisotopic (exact) mass is 468 g/mol. The van der Waals surface area contributed by atoms with E-state index in [0.717, 1.165) is 0 Å². The van der Waals surface area contributed by atoms with Gasteiger partial charge in [0.1, 0.15) is 17.7 Å². The van der Waals surface area contributed by atoms with Crippen LogP contribution in [-0.2, 0) is 22.6 Å². The number of fused-ring (bicyclic) bond motifs is 2. The number of nitrogens with zero attached hydrogens (tertiary/aromatic N) is 2. The Kier molecular flexibility index (Phi) is 6.37. The van der Waals surface area contributed by atoms with Gasteiger partial charge < -0.3 is 13.0 Å². The van der Waals surface area contributed by atoms with Gasteiger partial charge in [-0.3, -0.25) is 14.8 Å². The number of ketones is 1. The Bertz CT molecular complexity index is 779. The number of nitriles is 1. The molecule has 8 nitrogen and oxygen atoms in total. The van der Waals surface area contributed by atoms with Crippen LogP contribution in [-0.4, -0.2) is 56.8 Å². The number of β-lactam (4-membered cyclic amide) rings is 1. The summed E-state index contributed by atoms with van der Waals surface area (Å²) in [6.07, 6.45) is -2.01. The van der Waals surface area contributed by atoms with E-state index < -0.39 is 46.7 Å². The molecule has 0 aromatic heterocycles. The minimum Gasteiger partial charge on any atom is -0.414 e. The Balaban J connectivity index is 2.26. The molecule has 2 aliphatic heterocycles. The molecule has 1 amide bonds. The van der Waals surface area contributed by atoms with Crippen LogP contribution in [0, 0.1) is 17.2 Å². The summed E-state index contributed by atoms with van der Waals surface area (Å²) in [6, 6.07) is 2.16. The SMILES string of the molecule is CC(C)[Si]1(C(C)C)O[C@@H]2C(=O)C[C@@H](C#N)[C@]3(CC(=O)N3O)[C@@H]2O[Si](C(C)C)(C(C)C)O1. The first kappa shape index (κ1) is 24.5. The lowest BCUT2D eigenvalue weighted by Crippen LogP contribution is -2.78. The van der Waals surface area contributed by atoms with Crippen molar-refractivity contribution in [2.24, 2.45) is 5.92 Å². The molecule has 0 unspecified atom stereocenters. The average molecular weight is 469 g/mol. The molecule has 10 heteroatoms. The van der Waals surface area contributed by atoms with Crippen LogP contribution in [0.25, 0.3) is 0 Å². The molecule has 3 aliphatic rings. The van der Waals surface area contributed by atoms with Crippen molar-refractivity contribution in [3.8, 4) is 6.07 Å². The number of hydrogen-bond donors (Lipinski definition) is 1. The number of hydroxylamine groups is 2. The summed E-state index contributed by atoms with van der Waals surface area (Å²) in [5.41, 5.74) is -1.09. The van der Waals surface area contributed by atoms with E-state index in [9.17, 15) is 20.1 Å². The first-order chi connectivity index (χ1) is 14.3. The van der Waals surface area contributed by atoms with Gasteiger partial charge in [0.05, 0.1) is 18.4 Å². The molecule has 0 bridgehead atoms. The highest BCUT2D eigenvalue weighted by molar-refractivity contribution is 6.84. The van der Waals surface area contributed by atoms with Gasteiger partial charge in [0.15, 0.2) is 5.78 Å². The maximum absolute atomic E-state index is 13.3. The molecule has 1 N–H and O–H groups in total. The third-order valence-corrected chi connectivity index (χ3v) is 17.7. The summed E-state index contributed by atoms with van der Waals surface area (Å²) in [6.45, 7) is 16.5.